The minimum absolute atomic E-state index is 0.0889. The SMILES string of the molecule is CC(C)(C)Nc1c(-c2cccc(Cl)c2)nc2nc[nH]n12. The molecule has 3 aromatic rings. The molecular weight excluding hydrogens is 274 g/mol. The summed E-state index contributed by atoms with van der Waals surface area (Å²) in [6.07, 6.45) is 1.62. The van der Waals surface area contributed by atoms with Gasteiger partial charge in [-0.2, -0.15) is 0 Å². The summed E-state index contributed by atoms with van der Waals surface area (Å²) in [6.45, 7) is 6.31. The maximum Gasteiger partial charge on any atom is 0.252 e. The highest BCUT2D eigenvalue weighted by atomic mass is 35.5. The van der Waals surface area contributed by atoms with Gasteiger partial charge in [-0.05, 0) is 32.9 Å². The van der Waals surface area contributed by atoms with Crippen molar-refractivity contribution in [3.8, 4) is 11.3 Å². The lowest BCUT2D eigenvalue weighted by atomic mass is 10.1. The average Bonchev–Trinajstić information content (AvgIpc) is 2.90. The van der Waals surface area contributed by atoms with E-state index in [0.29, 0.717) is 10.8 Å². The van der Waals surface area contributed by atoms with Crippen molar-refractivity contribution >= 4 is 23.2 Å². The zero-order valence-corrected chi connectivity index (χ0v) is 12.4. The summed E-state index contributed by atoms with van der Waals surface area (Å²) in [5, 5.41) is 7.21. The number of aromatic nitrogens is 4. The molecule has 3 rings (SSSR count). The van der Waals surface area contributed by atoms with Crippen molar-refractivity contribution in [3.05, 3.63) is 35.6 Å². The smallest absolute Gasteiger partial charge is 0.252 e. The third kappa shape index (κ3) is 2.36. The maximum atomic E-state index is 6.07. The Kier molecular flexibility index (Phi) is 2.94. The summed E-state index contributed by atoms with van der Waals surface area (Å²) in [4.78, 5) is 8.77. The van der Waals surface area contributed by atoms with Crippen LogP contribution >= 0.6 is 11.6 Å². The van der Waals surface area contributed by atoms with Crippen LogP contribution in [0.15, 0.2) is 30.6 Å². The lowest BCUT2D eigenvalue weighted by Crippen LogP contribution is -2.27. The Morgan fingerprint density at radius 3 is 2.80 bits per heavy atom. The molecule has 0 fully saturated rings. The number of hydrogen-bond donors (Lipinski definition) is 2. The Morgan fingerprint density at radius 1 is 1.30 bits per heavy atom. The number of H-pyrrole nitrogens is 1. The third-order valence-electron chi connectivity index (χ3n) is 2.82. The molecule has 1 aromatic carbocycles. The van der Waals surface area contributed by atoms with Crippen LogP contribution in [-0.4, -0.2) is 25.1 Å². The van der Waals surface area contributed by atoms with Crippen LogP contribution in [0.4, 0.5) is 5.82 Å². The molecule has 6 heteroatoms. The molecule has 2 N–H and O–H groups in total. The lowest BCUT2D eigenvalue weighted by Gasteiger charge is -2.22. The van der Waals surface area contributed by atoms with E-state index in [1.54, 1.807) is 6.33 Å². The van der Waals surface area contributed by atoms with Gasteiger partial charge in [0.1, 0.15) is 12.0 Å². The van der Waals surface area contributed by atoms with Crippen molar-refractivity contribution in [1.82, 2.24) is 19.6 Å². The molecule has 0 amide bonds. The number of imidazole rings is 1. The second-order valence-electron chi connectivity index (χ2n) is 5.72. The van der Waals surface area contributed by atoms with Gasteiger partial charge in [0, 0.05) is 16.1 Å². The first-order valence-corrected chi connectivity index (χ1v) is 6.78. The van der Waals surface area contributed by atoms with Crippen LogP contribution < -0.4 is 5.32 Å². The molecule has 0 spiro atoms. The van der Waals surface area contributed by atoms with E-state index in [-0.39, 0.29) is 5.54 Å². The van der Waals surface area contributed by atoms with E-state index in [2.05, 4.69) is 41.2 Å². The Labute approximate surface area is 122 Å². The number of fused-ring (bicyclic) bond motifs is 1. The number of hydrogen-bond acceptors (Lipinski definition) is 3. The maximum absolute atomic E-state index is 6.07. The first kappa shape index (κ1) is 13.0. The second kappa shape index (κ2) is 4.52. The molecule has 0 atom stereocenters. The fraction of sp³-hybridized carbons (Fsp3) is 0.286. The van der Waals surface area contributed by atoms with E-state index in [4.69, 9.17) is 11.6 Å². The summed E-state index contributed by atoms with van der Waals surface area (Å²) < 4.78 is 1.83. The minimum atomic E-state index is -0.0889. The van der Waals surface area contributed by atoms with E-state index in [1.165, 1.54) is 0 Å². The molecule has 0 saturated heterocycles. The second-order valence-corrected chi connectivity index (χ2v) is 6.15. The largest absolute Gasteiger partial charge is 0.364 e. The number of anilines is 1. The van der Waals surface area contributed by atoms with Crippen molar-refractivity contribution in [3.63, 3.8) is 0 Å². The number of nitrogens with zero attached hydrogens (tertiary/aromatic N) is 3. The van der Waals surface area contributed by atoms with Crippen LogP contribution in [0.1, 0.15) is 20.8 Å². The lowest BCUT2D eigenvalue weighted by molar-refractivity contribution is 0.627. The number of halogens is 1. The van der Waals surface area contributed by atoms with E-state index < -0.39 is 0 Å². The number of aromatic amines is 1. The molecular formula is C14H16ClN5. The van der Waals surface area contributed by atoms with Gasteiger partial charge < -0.3 is 5.32 Å². The third-order valence-corrected chi connectivity index (χ3v) is 3.05. The normalized spacial score (nSPS) is 12.0. The highest BCUT2D eigenvalue weighted by Crippen LogP contribution is 2.30. The number of nitrogens with one attached hydrogen (secondary N) is 2. The predicted molar refractivity (Wildman–Crippen MR) is 81.2 cm³/mol. The van der Waals surface area contributed by atoms with Crippen LogP contribution in [0.3, 0.4) is 0 Å². The molecule has 0 bridgehead atoms. The predicted octanol–water partition coefficient (Wildman–Crippen LogP) is 3.59. The van der Waals surface area contributed by atoms with Gasteiger partial charge in [-0.1, -0.05) is 23.7 Å². The summed E-state index contributed by atoms with van der Waals surface area (Å²) in [5.41, 5.74) is 1.71. The van der Waals surface area contributed by atoms with Crippen LogP contribution in [0, 0.1) is 0 Å². The Hall–Kier alpha value is -2.01. The zero-order valence-electron chi connectivity index (χ0n) is 11.6. The van der Waals surface area contributed by atoms with E-state index in [0.717, 1.165) is 17.1 Å². The summed E-state index contributed by atoms with van der Waals surface area (Å²) in [7, 11) is 0. The molecule has 0 unspecified atom stereocenters. The molecule has 104 valence electrons. The van der Waals surface area contributed by atoms with Gasteiger partial charge >= 0.3 is 0 Å². The molecule has 5 nitrogen and oxygen atoms in total. The topological polar surface area (TPSA) is 58.0 Å². The monoisotopic (exact) mass is 289 g/mol. The van der Waals surface area contributed by atoms with Crippen molar-refractivity contribution in [1.29, 1.82) is 0 Å². The van der Waals surface area contributed by atoms with Gasteiger partial charge in [0.15, 0.2) is 5.82 Å². The van der Waals surface area contributed by atoms with Crippen molar-refractivity contribution in [2.24, 2.45) is 0 Å². The van der Waals surface area contributed by atoms with Crippen molar-refractivity contribution < 1.29 is 0 Å². The fourth-order valence-corrected chi connectivity index (χ4v) is 2.26. The highest BCUT2D eigenvalue weighted by molar-refractivity contribution is 6.30. The van der Waals surface area contributed by atoms with Crippen LogP contribution in [0.2, 0.25) is 5.02 Å². The quantitative estimate of drug-likeness (QED) is 0.758. The van der Waals surface area contributed by atoms with E-state index in [9.17, 15) is 0 Å². The molecule has 20 heavy (non-hydrogen) atoms. The first-order chi connectivity index (χ1) is 9.44. The molecule has 0 saturated carbocycles. The Morgan fingerprint density at radius 2 is 2.10 bits per heavy atom. The molecule has 2 heterocycles. The fourth-order valence-electron chi connectivity index (χ4n) is 2.07. The number of rotatable bonds is 2. The minimum Gasteiger partial charge on any atom is -0.364 e. The number of benzene rings is 1. The van der Waals surface area contributed by atoms with Crippen molar-refractivity contribution in [2.45, 2.75) is 26.3 Å². The van der Waals surface area contributed by atoms with Gasteiger partial charge in [0.25, 0.3) is 5.78 Å². The zero-order chi connectivity index (χ0) is 14.3. The van der Waals surface area contributed by atoms with Gasteiger partial charge in [0.2, 0.25) is 0 Å². The highest BCUT2D eigenvalue weighted by Gasteiger charge is 2.20. The van der Waals surface area contributed by atoms with Crippen LogP contribution in [0.5, 0.6) is 0 Å². The standard InChI is InChI=1S/C14H16ClN5/c1-14(2,3)19-12-11(9-5-4-6-10(15)7-9)18-13-16-8-17-20(12)13/h4-8,19H,1-3H3,(H,16,17,18). The summed E-state index contributed by atoms with van der Waals surface area (Å²) in [5.74, 6) is 1.51. The van der Waals surface area contributed by atoms with Gasteiger partial charge in [0.05, 0.1) is 0 Å². The van der Waals surface area contributed by atoms with Crippen LogP contribution in [0.25, 0.3) is 17.0 Å². The first-order valence-electron chi connectivity index (χ1n) is 6.40. The van der Waals surface area contributed by atoms with Crippen molar-refractivity contribution in [2.75, 3.05) is 5.32 Å². The molecule has 0 aliphatic carbocycles. The average molecular weight is 290 g/mol. The van der Waals surface area contributed by atoms with Gasteiger partial charge in [-0.15, -0.1) is 0 Å². The molecule has 0 aliphatic heterocycles. The van der Waals surface area contributed by atoms with Gasteiger partial charge in [-0.3, -0.25) is 5.10 Å². The van der Waals surface area contributed by atoms with E-state index >= 15 is 0 Å². The van der Waals surface area contributed by atoms with E-state index in [1.807, 2.05) is 28.8 Å². The molecule has 0 aliphatic rings. The Balaban J connectivity index is 2.19. The molecule has 0 radical (unpaired) electrons. The summed E-state index contributed by atoms with van der Waals surface area (Å²) in [6, 6.07) is 7.65. The Bertz CT molecular complexity index is 750. The van der Waals surface area contributed by atoms with Crippen LogP contribution in [-0.2, 0) is 0 Å². The van der Waals surface area contributed by atoms with Gasteiger partial charge in [-0.25, -0.2) is 14.5 Å². The summed E-state index contributed by atoms with van der Waals surface area (Å²) >= 11 is 6.07. The molecule has 2 aromatic heterocycles.